The van der Waals surface area contributed by atoms with Crippen LogP contribution in [0.4, 0.5) is 0 Å². The number of phenols is 1. The molecule has 0 radical (unpaired) electrons. The van der Waals surface area contributed by atoms with Gasteiger partial charge in [0.15, 0.2) is 11.6 Å². The number of nitrogens with one attached hydrogen (secondary N) is 1. The number of carbonyl (C=O) groups excluding carboxylic acids is 1. The number of hydrogen-bond donors (Lipinski definition) is 2. The van der Waals surface area contributed by atoms with Crippen LogP contribution in [0.5, 0.6) is 11.5 Å². The summed E-state index contributed by atoms with van der Waals surface area (Å²) < 4.78 is 5.93. The zero-order chi connectivity index (χ0) is 19.2. The van der Waals surface area contributed by atoms with E-state index in [1.165, 1.54) is 6.92 Å². The fourth-order valence-electron chi connectivity index (χ4n) is 2.89. The number of hydrogen-bond acceptors (Lipinski definition) is 6. The maximum absolute atomic E-state index is 11.6. The molecular weight excluding hydrogens is 344 g/mol. The van der Waals surface area contributed by atoms with E-state index in [0.717, 1.165) is 17.5 Å². The summed E-state index contributed by atoms with van der Waals surface area (Å²) in [4.78, 5) is 11.6. The summed E-state index contributed by atoms with van der Waals surface area (Å²) in [5.74, 6) is 1.19. The van der Waals surface area contributed by atoms with E-state index in [-0.39, 0.29) is 11.5 Å². The SMILES string of the molecule is CCCc1c(OCc2ccc(Cc3nnn[nH]3)cc2)ccc(C(C)=O)c1O. The zero-order valence-electron chi connectivity index (χ0n) is 15.4. The molecule has 0 unspecified atom stereocenters. The van der Waals surface area contributed by atoms with Crippen LogP contribution in [0, 0.1) is 0 Å². The molecule has 0 amide bonds. The maximum atomic E-state index is 11.6. The Hall–Kier alpha value is -3.22. The van der Waals surface area contributed by atoms with Gasteiger partial charge in [0.05, 0.1) is 5.56 Å². The van der Waals surface area contributed by atoms with Crippen molar-refractivity contribution >= 4 is 5.78 Å². The molecule has 1 aromatic heterocycles. The first-order chi connectivity index (χ1) is 13.1. The molecule has 0 spiro atoms. The molecule has 1 heterocycles. The van der Waals surface area contributed by atoms with Crippen LogP contribution >= 0.6 is 0 Å². The number of ether oxygens (including phenoxy) is 1. The lowest BCUT2D eigenvalue weighted by Gasteiger charge is -2.15. The number of Topliss-reactive ketones (excluding diaryl/α,β-unsaturated/α-hetero) is 1. The fraction of sp³-hybridized carbons (Fsp3) is 0.300. The highest BCUT2D eigenvalue weighted by molar-refractivity contribution is 5.97. The van der Waals surface area contributed by atoms with Gasteiger partial charge in [-0.05, 0) is 47.0 Å². The van der Waals surface area contributed by atoms with Crippen LogP contribution < -0.4 is 4.74 Å². The van der Waals surface area contributed by atoms with Crippen molar-refractivity contribution in [1.29, 1.82) is 0 Å². The summed E-state index contributed by atoms with van der Waals surface area (Å²) in [7, 11) is 0. The second-order valence-electron chi connectivity index (χ2n) is 6.37. The van der Waals surface area contributed by atoms with Crippen molar-refractivity contribution in [3.05, 3.63) is 64.5 Å². The molecule has 0 saturated carbocycles. The van der Waals surface area contributed by atoms with Crippen molar-refractivity contribution in [2.45, 2.75) is 39.7 Å². The van der Waals surface area contributed by atoms with E-state index in [0.29, 0.717) is 42.1 Å². The average molecular weight is 366 g/mol. The number of tetrazole rings is 1. The monoisotopic (exact) mass is 366 g/mol. The number of aromatic amines is 1. The number of benzene rings is 2. The minimum absolute atomic E-state index is 0.0258. The third kappa shape index (κ3) is 4.49. The van der Waals surface area contributed by atoms with Crippen molar-refractivity contribution < 1.29 is 14.6 Å². The van der Waals surface area contributed by atoms with E-state index in [9.17, 15) is 9.90 Å². The zero-order valence-corrected chi connectivity index (χ0v) is 15.4. The van der Waals surface area contributed by atoms with E-state index in [1.54, 1.807) is 12.1 Å². The van der Waals surface area contributed by atoms with Crippen molar-refractivity contribution in [1.82, 2.24) is 20.6 Å². The quantitative estimate of drug-likeness (QED) is 0.594. The molecule has 27 heavy (non-hydrogen) atoms. The molecule has 2 N–H and O–H groups in total. The Morgan fingerprint density at radius 1 is 1.15 bits per heavy atom. The molecule has 0 atom stereocenters. The van der Waals surface area contributed by atoms with Crippen LogP contribution in [0.1, 0.15) is 53.1 Å². The highest BCUT2D eigenvalue weighted by Gasteiger charge is 2.16. The number of phenolic OH excluding ortho intramolecular Hbond substituents is 1. The number of H-pyrrole nitrogens is 1. The van der Waals surface area contributed by atoms with Gasteiger partial charge in [0.25, 0.3) is 0 Å². The third-order valence-corrected chi connectivity index (χ3v) is 4.30. The first kappa shape index (κ1) is 18.6. The first-order valence-electron chi connectivity index (χ1n) is 8.87. The van der Waals surface area contributed by atoms with Gasteiger partial charge in [0, 0.05) is 12.0 Å². The Morgan fingerprint density at radius 3 is 2.52 bits per heavy atom. The lowest BCUT2D eigenvalue weighted by molar-refractivity contribution is 0.101. The summed E-state index contributed by atoms with van der Waals surface area (Å²) in [5, 5.41) is 24.1. The third-order valence-electron chi connectivity index (χ3n) is 4.30. The molecule has 0 saturated heterocycles. The van der Waals surface area contributed by atoms with E-state index in [1.807, 2.05) is 31.2 Å². The van der Waals surface area contributed by atoms with Crippen molar-refractivity contribution in [3.63, 3.8) is 0 Å². The van der Waals surface area contributed by atoms with Gasteiger partial charge < -0.3 is 9.84 Å². The molecule has 7 heteroatoms. The summed E-state index contributed by atoms with van der Waals surface area (Å²) >= 11 is 0. The molecule has 0 bridgehead atoms. The molecule has 3 aromatic rings. The summed E-state index contributed by atoms with van der Waals surface area (Å²) in [6.07, 6.45) is 2.12. The van der Waals surface area contributed by atoms with Crippen molar-refractivity contribution in [3.8, 4) is 11.5 Å². The highest BCUT2D eigenvalue weighted by atomic mass is 16.5. The second-order valence-corrected chi connectivity index (χ2v) is 6.37. The van der Waals surface area contributed by atoms with Gasteiger partial charge in [-0.2, -0.15) is 0 Å². The summed E-state index contributed by atoms with van der Waals surface area (Å²) in [6.45, 7) is 3.84. The Morgan fingerprint density at radius 2 is 1.89 bits per heavy atom. The number of aromatic nitrogens is 4. The molecule has 140 valence electrons. The van der Waals surface area contributed by atoms with Crippen LogP contribution in [-0.2, 0) is 19.4 Å². The van der Waals surface area contributed by atoms with Crippen LogP contribution in [0.15, 0.2) is 36.4 Å². The number of ketones is 1. The van der Waals surface area contributed by atoms with Crippen molar-refractivity contribution in [2.24, 2.45) is 0 Å². The highest BCUT2D eigenvalue weighted by Crippen LogP contribution is 2.33. The van der Waals surface area contributed by atoms with E-state index >= 15 is 0 Å². The Labute approximate surface area is 157 Å². The molecule has 2 aromatic carbocycles. The Bertz CT molecular complexity index is 906. The molecule has 7 nitrogen and oxygen atoms in total. The molecule has 0 aliphatic carbocycles. The Kier molecular flexibility index (Phi) is 5.80. The average Bonchev–Trinajstić information content (AvgIpc) is 3.16. The largest absolute Gasteiger partial charge is 0.507 e. The lowest BCUT2D eigenvalue weighted by atomic mass is 10.0. The minimum Gasteiger partial charge on any atom is -0.507 e. The smallest absolute Gasteiger partial charge is 0.163 e. The molecule has 3 rings (SSSR count). The van der Waals surface area contributed by atoms with Crippen molar-refractivity contribution in [2.75, 3.05) is 0 Å². The van der Waals surface area contributed by atoms with Crippen LogP contribution in [0.3, 0.4) is 0 Å². The van der Waals surface area contributed by atoms with Crippen LogP contribution in [0.25, 0.3) is 0 Å². The van der Waals surface area contributed by atoms with Gasteiger partial charge in [-0.25, -0.2) is 5.10 Å². The molecule has 0 fully saturated rings. The number of aromatic hydroxyl groups is 1. The van der Waals surface area contributed by atoms with Crippen LogP contribution in [0.2, 0.25) is 0 Å². The first-order valence-corrected chi connectivity index (χ1v) is 8.87. The topological polar surface area (TPSA) is 101 Å². The molecular formula is C20H22N4O3. The Balaban J connectivity index is 1.70. The predicted molar refractivity (Wildman–Crippen MR) is 99.9 cm³/mol. The number of nitrogens with zero attached hydrogens (tertiary/aromatic N) is 3. The molecule has 0 aliphatic heterocycles. The summed E-state index contributed by atoms with van der Waals surface area (Å²) in [5.41, 5.74) is 3.11. The normalized spacial score (nSPS) is 10.7. The van der Waals surface area contributed by atoms with Crippen LogP contribution in [-0.4, -0.2) is 31.5 Å². The van der Waals surface area contributed by atoms with E-state index in [2.05, 4.69) is 20.6 Å². The van der Waals surface area contributed by atoms with Gasteiger partial charge in [0.1, 0.15) is 18.1 Å². The van der Waals surface area contributed by atoms with Gasteiger partial charge in [0.2, 0.25) is 0 Å². The standard InChI is InChI=1S/C20H22N4O3/c1-3-4-17-18(10-9-16(13(2)25)20(17)26)27-12-15-7-5-14(6-8-15)11-19-21-23-24-22-19/h5-10,26H,3-4,11-12H2,1-2H3,(H,21,22,23,24). The maximum Gasteiger partial charge on any atom is 0.163 e. The molecule has 0 aliphatic rings. The van der Waals surface area contributed by atoms with E-state index in [4.69, 9.17) is 4.74 Å². The van der Waals surface area contributed by atoms with Gasteiger partial charge in [-0.15, -0.1) is 5.10 Å². The predicted octanol–water partition coefficient (Wildman–Crippen LogP) is 3.23. The van der Waals surface area contributed by atoms with Gasteiger partial charge >= 0.3 is 0 Å². The van der Waals surface area contributed by atoms with Gasteiger partial charge in [-0.3, -0.25) is 4.79 Å². The number of rotatable bonds is 8. The fourth-order valence-corrected chi connectivity index (χ4v) is 2.89. The lowest BCUT2D eigenvalue weighted by Crippen LogP contribution is -2.02. The van der Waals surface area contributed by atoms with E-state index < -0.39 is 0 Å². The number of carbonyl (C=O) groups is 1. The minimum atomic E-state index is -0.158. The van der Waals surface area contributed by atoms with Gasteiger partial charge in [-0.1, -0.05) is 37.6 Å². The second kappa shape index (κ2) is 8.44. The summed E-state index contributed by atoms with van der Waals surface area (Å²) in [6, 6.07) is 11.4.